The minimum atomic E-state index is -0.626. The Morgan fingerprint density at radius 3 is 2.29 bits per heavy atom. The lowest BCUT2D eigenvalue weighted by Gasteiger charge is -2.71. The van der Waals surface area contributed by atoms with Crippen LogP contribution < -0.4 is 0 Å². The molecule has 198 valence electrons. The van der Waals surface area contributed by atoms with Crippen molar-refractivity contribution in [3.05, 3.63) is 11.6 Å². The van der Waals surface area contributed by atoms with Crippen LogP contribution in [0.25, 0.3) is 0 Å². The lowest BCUT2D eigenvalue weighted by Crippen LogP contribution is -2.70. The Labute approximate surface area is 212 Å². The molecule has 2 bridgehead atoms. The molecule has 0 spiro atoms. The smallest absolute Gasteiger partial charge is 0.129 e. The molecule has 5 fully saturated rings. The first-order valence-corrected chi connectivity index (χ1v) is 14.1. The molecule has 5 aliphatic carbocycles. The van der Waals surface area contributed by atoms with Crippen molar-refractivity contribution in [1.82, 2.24) is 0 Å². The van der Waals surface area contributed by atoms with Gasteiger partial charge in [0.1, 0.15) is 11.7 Å². The van der Waals surface area contributed by atoms with E-state index in [0.29, 0.717) is 11.8 Å². The molecule has 2 N–H and O–H groups in total. The molecule has 4 saturated carbocycles. The summed E-state index contributed by atoms with van der Waals surface area (Å²) in [5, 5.41) is 22.6. The van der Waals surface area contributed by atoms with E-state index in [1.165, 1.54) is 5.57 Å². The first-order chi connectivity index (χ1) is 16.3. The standard InChI is InChI=1S/C30H48O5/c1-25(2)15-18-17-9-10-19-26(3)13-12-21(31)29(6,33-7)20(26)11-14-27(19,4)28(17,5)16-22-30(18,34-8)23(32)24(25)35-22/h9,18-24,31-32H,10-16H2,1-8H3/t18-,19+,20+,21-,22+,23+,24+,26+,27+,28+,29+,30+/m0/s1. The van der Waals surface area contributed by atoms with E-state index in [1.54, 1.807) is 14.2 Å². The van der Waals surface area contributed by atoms with Crippen molar-refractivity contribution in [3.8, 4) is 0 Å². The molecule has 0 aromatic heterocycles. The fourth-order valence-electron chi connectivity index (χ4n) is 11.3. The van der Waals surface area contributed by atoms with Crippen LogP contribution >= 0.6 is 0 Å². The number of ether oxygens (including phenoxy) is 3. The van der Waals surface area contributed by atoms with Gasteiger partial charge in [-0.1, -0.05) is 46.3 Å². The first kappa shape index (κ1) is 24.9. The third-order valence-corrected chi connectivity index (χ3v) is 13.5. The second-order valence-corrected chi connectivity index (χ2v) is 14.7. The van der Waals surface area contributed by atoms with Gasteiger partial charge in [0.25, 0.3) is 0 Å². The molecular formula is C30H48O5. The minimum Gasteiger partial charge on any atom is -0.390 e. The number of allylic oxidation sites excluding steroid dienone is 1. The van der Waals surface area contributed by atoms with Gasteiger partial charge in [-0.2, -0.15) is 0 Å². The van der Waals surface area contributed by atoms with Gasteiger partial charge in [-0.3, -0.25) is 0 Å². The summed E-state index contributed by atoms with van der Waals surface area (Å²) in [7, 11) is 3.57. The lowest BCUT2D eigenvalue weighted by atomic mass is 9.35. The summed E-state index contributed by atoms with van der Waals surface area (Å²) in [5.41, 5.74) is 0.559. The van der Waals surface area contributed by atoms with Gasteiger partial charge in [-0.25, -0.2) is 0 Å². The molecule has 0 aromatic carbocycles. The van der Waals surface area contributed by atoms with E-state index in [4.69, 9.17) is 14.2 Å². The zero-order chi connectivity index (χ0) is 25.4. The number of methoxy groups -OCH3 is 2. The topological polar surface area (TPSA) is 68.2 Å². The number of fused-ring (bicyclic) bond motifs is 7. The van der Waals surface area contributed by atoms with Crippen molar-refractivity contribution in [2.75, 3.05) is 14.2 Å². The molecular weight excluding hydrogens is 440 g/mol. The molecule has 6 aliphatic rings. The first-order valence-electron chi connectivity index (χ1n) is 14.1. The molecule has 6 rings (SSSR count). The minimum absolute atomic E-state index is 0.00414. The molecule has 1 saturated heterocycles. The Morgan fingerprint density at radius 2 is 1.63 bits per heavy atom. The summed E-state index contributed by atoms with van der Waals surface area (Å²) in [6.07, 6.45) is 8.36. The van der Waals surface area contributed by atoms with Crippen LogP contribution in [0, 0.1) is 39.4 Å². The van der Waals surface area contributed by atoms with Crippen LogP contribution in [0.3, 0.4) is 0 Å². The van der Waals surface area contributed by atoms with Crippen molar-refractivity contribution in [2.45, 2.75) is 122 Å². The Kier molecular flexibility index (Phi) is 5.07. The molecule has 0 radical (unpaired) electrons. The number of aliphatic hydroxyl groups excluding tert-OH is 2. The maximum atomic E-state index is 11.6. The zero-order valence-corrected chi connectivity index (χ0v) is 23.2. The fourth-order valence-corrected chi connectivity index (χ4v) is 11.3. The van der Waals surface area contributed by atoms with E-state index < -0.39 is 23.4 Å². The molecule has 0 amide bonds. The Balaban J connectivity index is 1.47. The maximum Gasteiger partial charge on any atom is 0.129 e. The van der Waals surface area contributed by atoms with Gasteiger partial charge in [0.05, 0.1) is 23.9 Å². The van der Waals surface area contributed by atoms with Gasteiger partial charge in [-0.15, -0.1) is 0 Å². The lowest BCUT2D eigenvalue weighted by molar-refractivity contribution is -0.249. The molecule has 35 heavy (non-hydrogen) atoms. The Bertz CT molecular complexity index is 945. The van der Waals surface area contributed by atoms with Crippen LogP contribution in [0.1, 0.15) is 86.5 Å². The maximum absolute atomic E-state index is 11.6. The molecule has 12 atom stereocenters. The van der Waals surface area contributed by atoms with Gasteiger partial charge < -0.3 is 24.4 Å². The normalized spacial score (nSPS) is 60.3. The van der Waals surface area contributed by atoms with Crippen molar-refractivity contribution >= 4 is 0 Å². The van der Waals surface area contributed by atoms with E-state index in [9.17, 15) is 10.2 Å². The molecule has 0 unspecified atom stereocenters. The van der Waals surface area contributed by atoms with Crippen molar-refractivity contribution in [1.29, 1.82) is 0 Å². The number of hydrogen-bond donors (Lipinski definition) is 2. The van der Waals surface area contributed by atoms with E-state index in [1.807, 2.05) is 0 Å². The van der Waals surface area contributed by atoms with E-state index in [2.05, 4.69) is 47.6 Å². The SMILES string of the molecule is CO[C@]1(C)[C@@H]2CC[C@]3(C)[C@H](CC=C4[C@@H]5CC(C)(C)[C@@H]6O[C@H](C[C@]43C)[C@@]5(OC)[C@@H]6O)[C@@]2(C)CC[C@@H]1O. The largest absolute Gasteiger partial charge is 0.390 e. The summed E-state index contributed by atoms with van der Waals surface area (Å²) in [6.45, 7) is 14.2. The van der Waals surface area contributed by atoms with Crippen LogP contribution in [0.4, 0.5) is 0 Å². The van der Waals surface area contributed by atoms with Crippen LogP contribution in [0.2, 0.25) is 0 Å². The second-order valence-electron chi connectivity index (χ2n) is 14.7. The third kappa shape index (κ3) is 2.59. The van der Waals surface area contributed by atoms with Gasteiger partial charge in [0.15, 0.2) is 0 Å². The summed E-state index contributed by atoms with van der Waals surface area (Å²) in [4.78, 5) is 0. The summed E-state index contributed by atoms with van der Waals surface area (Å²) >= 11 is 0. The average molecular weight is 489 g/mol. The van der Waals surface area contributed by atoms with Gasteiger partial charge in [0, 0.05) is 20.1 Å². The predicted molar refractivity (Wildman–Crippen MR) is 135 cm³/mol. The highest BCUT2D eigenvalue weighted by molar-refractivity contribution is 5.39. The molecule has 5 nitrogen and oxygen atoms in total. The molecule has 1 aliphatic heterocycles. The highest BCUT2D eigenvalue weighted by Crippen LogP contribution is 2.75. The van der Waals surface area contributed by atoms with Gasteiger partial charge in [-0.05, 0) is 85.4 Å². The van der Waals surface area contributed by atoms with Crippen LogP contribution in [0.15, 0.2) is 11.6 Å². The van der Waals surface area contributed by atoms with Crippen LogP contribution in [0.5, 0.6) is 0 Å². The van der Waals surface area contributed by atoms with Crippen molar-refractivity contribution < 1.29 is 24.4 Å². The van der Waals surface area contributed by atoms with Crippen molar-refractivity contribution in [3.63, 3.8) is 0 Å². The van der Waals surface area contributed by atoms with Gasteiger partial charge >= 0.3 is 0 Å². The third-order valence-electron chi connectivity index (χ3n) is 13.5. The summed E-state index contributed by atoms with van der Waals surface area (Å²) in [6, 6.07) is 0. The highest BCUT2D eigenvalue weighted by Gasteiger charge is 2.76. The molecule has 0 aromatic rings. The monoisotopic (exact) mass is 488 g/mol. The number of rotatable bonds is 2. The predicted octanol–water partition coefficient (Wildman–Crippen LogP) is 4.88. The Hall–Kier alpha value is -0.460. The van der Waals surface area contributed by atoms with Crippen LogP contribution in [-0.4, -0.2) is 60.1 Å². The highest BCUT2D eigenvalue weighted by atomic mass is 16.6. The quantitative estimate of drug-likeness (QED) is 0.542. The molecule has 5 heteroatoms. The molecule has 1 heterocycles. The van der Waals surface area contributed by atoms with Crippen molar-refractivity contribution in [2.24, 2.45) is 39.4 Å². The number of aliphatic hydroxyl groups is 2. The average Bonchev–Trinajstić information content (AvgIpc) is 3.05. The summed E-state index contributed by atoms with van der Waals surface area (Å²) < 4.78 is 19.2. The van der Waals surface area contributed by atoms with Crippen LogP contribution in [-0.2, 0) is 14.2 Å². The summed E-state index contributed by atoms with van der Waals surface area (Å²) in [5.74, 6) is 1.05. The Morgan fingerprint density at radius 1 is 0.914 bits per heavy atom. The fraction of sp³-hybridized carbons (Fsp3) is 0.933. The van der Waals surface area contributed by atoms with Gasteiger partial charge in [0.2, 0.25) is 0 Å². The number of hydrogen-bond acceptors (Lipinski definition) is 5. The van der Waals surface area contributed by atoms with E-state index in [0.717, 1.165) is 44.9 Å². The van der Waals surface area contributed by atoms with E-state index in [-0.39, 0.29) is 39.8 Å². The zero-order valence-electron chi connectivity index (χ0n) is 23.2. The van der Waals surface area contributed by atoms with E-state index >= 15 is 0 Å². The second kappa shape index (κ2) is 7.14.